The fourth-order valence-electron chi connectivity index (χ4n) is 3.14. The second-order valence-corrected chi connectivity index (χ2v) is 6.76. The molecule has 0 atom stereocenters. The molecule has 0 N–H and O–H groups in total. The number of hydrogen-bond donors (Lipinski definition) is 0. The van der Waals surface area contributed by atoms with Crippen LogP contribution in [0.4, 0.5) is 0 Å². The third kappa shape index (κ3) is 3.73. The fourth-order valence-corrected chi connectivity index (χ4v) is 3.14. The van der Waals surface area contributed by atoms with E-state index in [1.54, 1.807) is 0 Å². The van der Waals surface area contributed by atoms with E-state index in [4.69, 9.17) is 8.94 Å². The Kier molecular flexibility index (Phi) is 4.52. The van der Waals surface area contributed by atoms with Gasteiger partial charge in [0.2, 0.25) is 17.5 Å². The van der Waals surface area contributed by atoms with Crippen molar-refractivity contribution in [2.75, 3.05) is 26.2 Å². The Labute approximate surface area is 146 Å². The molecule has 3 heterocycles. The van der Waals surface area contributed by atoms with Crippen LogP contribution in [-0.2, 0) is 13.0 Å². The lowest BCUT2D eigenvalue weighted by molar-refractivity contribution is 0.0718. The number of carbonyl (C=O) groups is 1. The largest absolute Gasteiger partial charge is 0.424 e. The summed E-state index contributed by atoms with van der Waals surface area (Å²) in [5.41, 5.74) is 0.919. The van der Waals surface area contributed by atoms with Crippen LogP contribution in [0.2, 0.25) is 0 Å². The first-order chi connectivity index (χ1) is 12.2. The minimum atomic E-state index is -0.0627. The molecule has 0 unspecified atom stereocenters. The minimum absolute atomic E-state index is 0.0627. The van der Waals surface area contributed by atoms with Crippen LogP contribution in [0.3, 0.4) is 0 Å². The second-order valence-electron chi connectivity index (χ2n) is 6.76. The van der Waals surface area contributed by atoms with Gasteiger partial charge < -0.3 is 13.8 Å². The normalized spacial score (nSPS) is 19.2. The van der Waals surface area contributed by atoms with Crippen molar-refractivity contribution >= 4 is 5.91 Å². The predicted octanol–water partition coefficient (Wildman–Crippen LogP) is 1.85. The maximum Gasteiger partial charge on any atom is 0.292 e. The summed E-state index contributed by atoms with van der Waals surface area (Å²) in [4.78, 5) is 16.7. The number of rotatable bonds is 5. The van der Waals surface area contributed by atoms with Crippen molar-refractivity contribution in [3.8, 4) is 0 Å². The summed E-state index contributed by atoms with van der Waals surface area (Å²) in [7, 11) is 0. The van der Waals surface area contributed by atoms with E-state index >= 15 is 0 Å². The Bertz CT molecular complexity index is 736. The molecule has 0 radical (unpaired) electrons. The Hall–Kier alpha value is -2.22. The van der Waals surface area contributed by atoms with Gasteiger partial charge in [-0.05, 0) is 19.3 Å². The first kappa shape index (κ1) is 16.3. The topological polar surface area (TPSA) is 88.5 Å². The third-order valence-electron chi connectivity index (χ3n) is 4.78. The average molecular weight is 345 g/mol. The summed E-state index contributed by atoms with van der Waals surface area (Å²) in [5.74, 6) is 2.10. The molecule has 25 heavy (non-hydrogen) atoms. The fraction of sp³-hybridized carbons (Fsp3) is 0.647. The van der Waals surface area contributed by atoms with E-state index < -0.39 is 0 Å². The first-order valence-corrected chi connectivity index (χ1v) is 9.02. The minimum Gasteiger partial charge on any atom is -0.424 e. The van der Waals surface area contributed by atoms with Crippen LogP contribution < -0.4 is 0 Å². The van der Waals surface area contributed by atoms with Crippen LogP contribution in [0.25, 0.3) is 0 Å². The van der Waals surface area contributed by atoms with Gasteiger partial charge in [0.1, 0.15) is 0 Å². The van der Waals surface area contributed by atoms with Crippen molar-refractivity contribution in [1.82, 2.24) is 25.2 Å². The molecule has 8 heteroatoms. The molecule has 0 spiro atoms. The van der Waals surface area contributed by atoms with E-state index in [0.29, 0.717) is 36.5 Å². The molecule has 2 aromatic rings. The van der Waals surface area contributed by atoms with E-state index in [-0.39, 0.29) is 5.91 Å². The number of hydrogen-bond acceptors (Lipinski definition) is 7. The molecule has 8 nitrogen and oxygen atoms in total. The zero-order valence-corrected chi connectivity index (χ0v) is 14.5. The van der Waals surface area contributed by atoms with Gasteiger partial charge in [-0.3, -0.25) is 9.69 Å². The van der Waals surface area contributed by atoms with Crippen molar-refractivity contribution < 1.29 is 13.7 Å². The van der Waals surface area contributed by atoms with Crippen LogP contribution in [0.1, 0.15) is 60.1 Å². The van der Waals surface area contributed by atoms with E-state index in [9.17, 15) is 4.79 Å². The molecule has 1 aliphatic carbocycles. The smallest absolute Gasteiger partial charge is 0.292 e. The van der Waals surface area contributed by atoms with Crippen LogP contribution in [0.15, 0.2) is 15.0 Å². The average Bonchev–Trinajstić information content (AvgIpc) is 3.26. The molecule has 134 valence electrons. The molecule has 2 fully saturated rings. The van der Waals surface area contributed by atoms with Gasteiger partial charge >= 0.3 is 0 Å². The van der Waals surface area contributed by atoms with E-state index in [1.807, 2.05) is 17.9 Å². The number of aromatic nitrogens is 3. The Balaban J connectivity index is 1.34. The molecule has 0 bridgehead atoms. The van der Waals surface area contributed by atoms with Gasteiger partial charge in [0, 0.05) is 44.6 Å². The SMILES string of the molecule is CCc1nnc(CN2CCCN(C(=O)c3cc(C4CC4)no3)CC2)o1. The predicted molar refractivity (Wildman–Crippen MR) is 88.0 cm³/mol. The van der Waals surface area contributed by atoms with Gasteiger partial charge in [0.05, 0.1) is 12.2 Å². The number of amides is 1. The highest BCUT2D eigenvalue weighted by molar-refractivity contribution is 5.91. The highest BCUT2D eigenvalue weighted by Crippen LogP contribution is 2.39. The monoisotopic (exact) mass is 345 g/mol. The summed E-state index contributed by atoms with van der Waals surface area (Å²) in [6, 6.07) is 1.81. The molecule has 1 saturated carbocycles. The summed E-state index contributed by atoms with van der Waals surface area (Å²) < 4.78 is 10.9. The lowest BCUT2D eigenvalue weighted by atomic mass is 10.2. The molecule has 2 aromatic heterocycles. The van der Waals surface area contributed by atoms with Gasteiger partial charge in [-0.1, -0.05) is 12.1 Å². The molecule has 1 saturated heterocycles. The summed E-state index contributed by atoms with van der Waals surface area (Å²) in [6.45, 7) is 5.68. The highest BCUT2D eigenvalue weighted by Gasteiger charge is 2.30. The molecule has 2 aliphatic rings. The van der Waals surface area contributed by atoms with Gasteiger partial charge in [-0.25, -0.2) is 0 Å². The number of carbonyl (C=O) groups excluding carboxylic acids is 1. The Morgan fingerprint density at radius 1 is 1.20 bits per heavy atom. The van der Waals surface area contributed by atoms with Crippen LogP contribution >= 0.6 is 0 Å². The Morgan fingerprint density at radius 2 is 2.04 bits per heavy atom. The Morgan fingerprint density at radius 3 is 2.80 bits per heavy atom. The van der Waals surface area contributed by atoms with E-state index in [1.165, 1.54) is 0 Å². The highest BCUT2D eigenvalue weighted by atomic mass is 16.5. The lowest BCUT2D eigenvalue weighted by Crippen LogP contribution is -2.35. The molecule has 4 rings (SSSR count). The van der Waals surface area contributed by atoms with Crippen LogP contribution in [0, 0.1) is 0 Å². The molecule has 0 aromatic carbocycles. The third-order valence-corrected chi connectivity index (χ3v) is 4.78. The second kappa shape index (κ2) is 6.95. The maximum atomic E-state index is 12.6. The van der Waals surface area contributed by atoms with Crippen molar-refractivity contribution in [3.63, 3.8) is 0 Å². The van der Waals surface area contributed by atoms with Gasteiger partial charge in [0.15, 0.2) is 0 Å². The van der Waals surface area contributed by atoms with E-state index in [0.717, 1.165) is 51.0 Å². The summed E-state index contributed by atoms with van der Waals surface area (Å²) in [6.07, 6.45) is 3.95. The number of nitrogens with zero attached hydrogens (tertiary/aromatic N) is 5. The van der Waals surface area contributed by atoms with Gasteiger partial charge in [0.25, 0.3) is 5.91 Å². The van der Waals surface area contributed by atoms with Crippen molar-refractivity contribution in [2.24, 2.45) is 0 Å². The quantitative estimate of drug-likeness (QED) is 0.817. The van der Waals surface area contributed by atoms with Crippen LogP contribution in [0.5, 0.6) is 0 Å². The summed E-state index contributed by atoms with van der Waals surface area (Å²) in [5, 5.41) is 12.1. The molecular formula is C17H23N5O3. The zero-order valence-electron chi connectivity index (χ0n) is 14.5. The van der Waals surface area contributed by atoms with Crippen LogP contribution in [-0.4, -0.2) is 57.2 Å². The van der Waals surface area contributed by atoms with Gasteiger partial charge in [-0.2, -0.15) is 0 Å². The maximum absolute atomic E-state index is 12.6. The van der Waals surface area contributed by atoms with E-state index in [2.05, 4.69) is 20.3 Å². The standard InChI is InChI=1S/C17H23N5O3/c1-2-15-18-19-16(24-15)11-21-6-3-7-22(9-8-21)17(23)14-10-13(20-25-14)12-4-5-12/h10,12H,2-9,11H2,1H3. The first-order valence-electron chi connectivity index (χ1n) is 9.02. The van der Waals surface area contributed by atoms with Crippen molar-refractivity contribution in [2.45, 2.75) is 45.1 Å². The summed E-state index contributed by atoms with van der Waals surface area (Å²) >= 11 is 0. The lowest BCUT2D eigenvalue weighted by Gasteiger charge is -2.20. The van der Waals surface area contributed by atoms with Crippen molar-refractivity contribution in [3.05, 3.63) is 29.3 Å². The molecular weight excluding hydrogens is 322 g/mol. The number of aryl methyl sites for hydroxylation is 1. The van der Waals surface area contributed by atoms with Gasteiger partial charge in [-0.15, -0.1) is 10.2 Å². The zero-order chi connectivity index (χ0) is 17.2. The molecule has 1 aliphatic heterocycles. The van der Waals surface area contributed by atoms with Crippen molar-refractivity contribution in [1.29, 1.82) is 0 Å². The molecule has 1 amide bonds.